The maximum absolute atomic E-state index is 3.70. The lowest BCUT2D eigenvalue weighted by atomic mass is 10.2. The molecule has 1 aromatic rings. The number of benzene rings is 1. The van der Waals surface area contributed by atoms with Crippen molar-refractivity contribution >= 4 is 0 Å². The topological polar surface area (TPSA) is 12.0 Å². The molecule has 0 saturated carbocycles. The van der Waals surface area contributed by atoms with Gasteiger partial charge in [-0.2, -0.15) is 0 Å². The first kappa shape index (κ1) is 11.6. The summed E-state index contributed by atoms with van der Waals surface area (Å²) in [7, 11) is 0. The lowest BCUT2D eigenvalue weighted by Gasteiger charge is -2.07. The van der Waals surface area contributed by atoms with Crippen LogP contribution in [-0.2, 0) is 0 Å². The van der Waals surface area contributed by atoms with Crippen molar-refractivity contribution in [1.82, 2.24) is 5.32 Å². The molecule has 1 atom stereocenters. The first-order valence-electron chi connectivity index (χ1n) is 5.21. The van der Waals surface area contributed by atoms with Crippen LogP contribution in [-0.4, -0.2) is 12.6 Å². The summed E-state index contributed by atoms with van der Waals surface area (Å²) in [4.78, 5) is 0. The number of rotatable bonds is 4. The Labute approximate surface area is 92.2 Å². The zero-order chi connectivity index (χ0) is 10.9. The molecule has 1 rings (SSSR count). The second-order valence-corrected chi connectivity index (χ2v) is 3.47. The van der Waals surface area contributed by atoms with Gasteiger partial charge in [0.15, 0.2) is 0 Å². The highest BCUT2D eigenvalue weighted by Crippen LogP contribution is 1.94. The Morgan fingerprint density at radius 3 is 2.80 bits per heavy atom. The third-order valence-corrected chi connectivity index (χ3v) is 2.07. The highest BCUT2D eigenvalue weighted by molar-refractivity contribution is 5.33. The Morgan fingerprint density at radius 2 is 2.13 bits per heavy atom. The quantitative estimate of drug-likeness (QED) is 0.580. The van der Waals surface area contributed by atoms with Gasteiger partial charge < -0.3 is 5.32 Å². The van der Waals surface area contributed by atoms with Gasteiger partial charge in [-0.25, -0.2) is 0 Å². The second kappa shape index (κ2) is 6.86. The molecular formula is C14H17N. The number of hydrogen-bond donors (Lipinski definition) is 1. The van der Waals surface area contributed by atoms with E-state index >= 15 is 0 Å². The van der Waals surface area contributed by atoms with E-state index in [1.807, 2.05) is 36.4 Å². The third-order valence-electron chi connectivity index (χ3n) is 2.07. The molecule has 0 aliphatic rings. The molecule has 0 bridgehead atoms. The molecule has 1 N–H and O–H groups in total. The largest absolute Gasteiger partial charge is 0.303 e. The lowest BCUT2D eigenvalue weighted by molar-refractivity contribution is 0.596. The van der Waals surface area contributed by atoms with Gasteiger partial charge in [0.05, 0.1) is 6.54 Å². The van der Waals surface area contributed by atoms with E-state index < -0.39 is 0 Å². The Bertz CT molecular complexity index is 343. The van der Waals surface area contributed by atoms with E-state index in [1.165, 1.54) is 0 Å². The standard InChI is InChI=1S/C14H17N/c1-3-8-13(2)15-12-7-11-14-9-5-4-6-10-14/h3-6,9-10,13,15H,1,8,12H2,2H3. The molecule has 0 aliphatic carbocycles. The van der Waals surface area contributed by atoms with Crippen LogP contribution in [0.2, 0.25) is 0 Å². The van der Waals surface area contributed by atoms with E-state index in [1.54, 1.807) is 0 Å². The molecule has 0 radical (unpaired) electrons. The molecule has 0 saturated heterocycles. The SMILES string of the molecule is C=CCC(C)NCC#Cc1ccccc1. The van der Waals surface area contributed by atoms with Gasteiger partial charge in [0.2, 0.25) is 0 Å². The Balaban J connectivity index is 2.31. The van der Waals surface area contributed by atoms with Crippen LogP contribution in [0.4, 0.5) is 0 Å². The molecule has 78 valence electrons. The Morgan fingerprint density at radius 1 is 1.40 bits per heavy atom. The van der Waals surface area contributed by atoms with Gasteiger partial charge in [0.1, 0.15) is 0 Å². The summed E-state index contributed by atoms with van der Waals surface area (Å²) in [5.41, 5.74) is 1.07. The van der Waals surface area contributed by atoms with Crippen LogP contribution in [0.25, 0.3) is 0 Å². The van der Waals surface area contributed by atoms with Gasteiger partial charge >= 0.3 is 0 Å². The predicted octanol–water partition coefficient (Wildman–Crippen LogP) is 2.59. The van der Waals surface area contributed by atoms with Crippen molar-refractivity contribution in [2.45, 2.75) is 19.4 Å². The summed E-state index contributed by atoms with van der Waals surface area (Å²) >= 11 is 0. The van der Waals surface area contributed by atoms with Gasteiger partial charge in [-0.15, -0.1) is 6.58 Å². The minimum atomic E-state index is 0.451. The molecule has 0 spiro atoms. The van der Waals surface area contributed by atoms with Crippen molar-refractivity contribution in [3.63, 3.8) is 0 Å². The van der Waals surface area contributed by atoms with E-state index in [2.05, 4.69) is 30.7 Å². The zero-order valence-corrected chi connectivity index (χ0v) is 9.16. The average Bonchev–Trinajstić information content (AvgIpc) is 2.26. The van der Waals surface area contributed by atoms with Gasteiger partial charge in [0.25, 0.3) is 0 Å². The Kier molecular flexibility index (Phi) is 5.29. The average molecular weight is 199 g/mol. The molecule has 1 aromatic carbocycles. The van der Waals surface area contributed by atoms with Gasteiger partial charge in [-0.05, 0) is 25.5 Å². The summed E-state index contributed by atoms with van der Waals surface area (Å²) < 4.78 is 0. The lowest BCUT2D eigenvalue weighted by Crippen LogP contribution is -2.25. The Hall–Kier alpha value is -1.52. The first-order valence-corrected chi connectivity index (χ1v) is 5.21. The molecule has 0 aromatic heterocycles. The van der Waals surface area contributed by atoms with Gasteiger partial charge in [-0.3, -0.25) is 0 Å². The monoisotopic (exact) mass is 199 g/mol. The first-order chi connectivity index (χ1) is 7.33. The number of nitrogens with one attached hydrogen (secondary N) is 1. The normalized spacial score (nSPS) is 11.3. The second-order valence-electron chi connectivity index (χ2n) is 3.47. The summed E-state index contributed by atoms with van der Waals surface area (Å²) in [6, 6.07) is 10.5. The van der Waals surface area contributed by atoms with Crippen LogP contribution in [0, 0.1) is 11.8 Å². The summed E-state index contributed by atoms with van der Waals surface area (Å²) in [6.45, 7) is 6.56. The maximum Gasteiger partial charge on any atom is 0.0582 e. The van der Waals surface area contributed by atoms with Crippen molar-refractivity contribution in [2.24, 2.45) is 0 Å². The van der Waals surface area contributed by atoms with E-state index in [4.69, 9.17) is 0 Å². The van der Waals surface area contributed by atoms with Crippen LogP contribution < -0.4 is 5.32 Å². The molecule has 0 fully saturated rings. The van der Waals surface area contributed by atoms with Crippen LogP contribution in [0.5, 0.6) is 0 Å². The van der Waals surface area contributed by atoms with Crippen LogP contribution in [0.15, 0.2) is 43.0 Å². The summed E-state index contributed by atoms with van der Waals surface area (Å²) in [5, 5.41) is 3.31. The van der Waals surface area contributed by atoms with Crippen LogP contribution in [0.1, 0.15) is 18.9 Å². The van der Waals surface area contributed by atoms with E-state index in [9.17, 15) is 0 Å². The van der Waals surface area contributed by atoms with Crippen molar-refractivity contribution in [2.75, 3.05) is 6.54 Å². The minimum Gasteiger partial charge on any atom is -0.303 e. The van der Waals surface area contributed by atoms with Gasteiger partial charge in [-0.1, -0.05) is 36.1 Å². The van der Waals surface area contributed by atoms with Crippen LogP contribution in [0.3, 0.4) is 0 Å². The molecule has 1 unspecified atom stereocenters. The smallest absolute Gasteiger partial charge is 0.0582 e. The van der Waals surface area contributed by atoms with E-state index in [0.29, 0.717) is 6.04 Å². The summed E-state index contributed by atoms with van der Waals surface area (Å²) in [6.07, 6.45) is 2.90. The highest BCUT2D eigenvalue weighted by Gasteiger charge is 1.93. The fourth-order valence-corrected chi connectivity index (χ4v) is 1.23. The van der Waals surface area contributed by atoms with Crippen molar-refractivity contribution < 1.29 is 0 Å². The molecule has 0 heterocycles. The van der Waals surface area contributed by atoms with E-state index in [0.717, 1.165) is 18.5 Å². The zero-order valence-electron chi connectivity index (χ0n) is 9.16. The van der Waals surface area contributed by atoms with E-state index in [-0.39, 0.29) is 0 Å². The van der Waals surface area contributed by atoms with Crippen molar-refractivity contribution in [3.05, 3.63) is 48.6 Å². The highest BCUT2D eigenvalue weighted by atomic mass is 14.9. The summed E-state index contributed by atoms with van der Waals surface area (Å²) in [5.74, 6) is 6.20. The molecule has 0 aliphatic heterocycles. The van der Waals surface area contributed by atoms with Crippen molar-refractivity contribution in [1.29, 1.82) is 0 Å². The van der Waals surface area contributed by atoms with Crippen LogP contribution >= 0.6 is 0 Å². The third kappa shape index (κ3) is 5.05. The molecule has 0 amide bonds. The number of hydrogen-bond acceptors (Lipinski definition) is 1. The molecule has 1 heteroatoms. The molecule has 1 nitrogen and oxygen atoms in total. The van der Waals surface area contributed by atoms with Crippen molar-refractivity contribution in [3.8, 4) is 11.8 Å². The molecular weight excluding hydrogens is 182 g/mol. The fraction of sp³-hybridized carbons (Fsp3) is 0.286. The maximum atomic E-state index is 3.70. The molecule has 15 heavy (non-hydrogen) atoms. The van der Waals surface area contributed by atoms with Gasteiger partial charge in [0, 0.05) is 11.6 Å². The predicted molar refractivity (Wildman–Crippen MR) is 65.6 cm³/mol. The minimum absolute atomic E-state index is 0.451. The fourth-order valence-electron chi connectivity index (χ4n) is 1.23.